The summed E-state index contributed by atoms with van der Waals surface area (Å²) < 4.78 is 28.3. The number of ether oxygens (including phenoxy) is 2. The van der Waals surface area contributed by atoms with E-state index in [1.807, 2.05) is 11.6 Å². The van der Waals surface area contributed by atoms with Crippen molar-refractivity contribution in [3.63, 3.8) is 0 Å². The van der Waals surface area contributed by atoms with E-state index in [0.717, 1.165) is 38.2 Å². The molecule has 11 heteroatoms. The molecule has 4 heterocycles. The number of aromatic nitrogens is 4. The number of likely N-dealkylation sites (tertiary alicyclic amines) is 1. The van der Waals surface area contributed by atoms with Gasteiger partial charge in [-0.3, -0.25) is 4.68 Å². The molecule has 2 aromatic rings. The summed E-state index contributed by atoms with van der Waals surface area (Å²) in [6.07, 6.45) is 2.32. The van der Waals surface area contributed by atoms with Crippen LogP contribution in [0, 0.1) is 18.8 Å². The minimum atomic E-state index is -0.939. The summed E-state index contributed by atoms with van der Waals surface area (Å²) >= 11 is 6.20. The summed E-state index contributed by atoms with van der Waals surface area (Å²) in [5.41, 5.74) is 1.49. The minimum absolute atomic E-state index is 0.0359. The Morgan fingerprint density at radius 2 is 2.25 bits per heavy atom. The van der Waals surface area contributed by atoms with Crippen molar-refractivity contribution in [1.29, 1.82) is 0 Å². The molecule has 2 aliphatic heterocycles. The normalized spacial score (nSPS) is 27.6. The Morgan fingerprint density at radius 3 is 3.09 bits per heavy atom. The lowest BCUT2D eigenvalue weighted by molar-refractivity contribution is -0.0930. The number of hydrogen-bond donors (Lipinski definition) is 2. The average molecular weight is 466 g/mol. The number of nitrogens with one attached hydrogen (secondary N) is 2. The number of hydrogen-bond acceptors (Lipinski definition) is 8. The lowest BCUT2D eigenvalue weighted by Crippen LogP contribution is -2.58. The molecule has 2 aromatic heterocycles. The number of rotatable bonds is 4. The largest absolute Gasteiger partial charge is 0.475 e. The molecule has 1 saturated heterocycles. The highest BCUT2D eigenvalue weighted by Gasteiger charge is 2.55. The lowest BCUT2D eigenvalue weighted by atomic mass is 9.64. The highest BCUT2D eigenvalue weighted by molar-refractivity contribution is 6.32. The van der Waals surface area contributed by atoms with E-state index in [1.165, 1.54) is 0 Å². The Bertz CT molecular complexity index is 974. The van der Waals surface area contributed by atoms with Gasteiger partial charge in [0.15, 0.2) is 5.82 Å². The molecule has 0 aromatic carbocycles. The topological polar surface area (TPSA) is 89.4 Å². The van der Waals surface area contributed by atoms with Crippen LogP contribution in [0.1, 0.15) is 24.6 Å². The molecule has 5 rings (SSSR count). The summed E-state index contributed by atoms with van der Waals surface area (Å²) in [6, 6.07) is -0.279. The molecule has 0 spiro atoms. The Kier molecular flexibility index (Phi) is 6.09. The van der Waals surface area contributed by atoms with E-state index in [4.69, 9.17) is 26.2 Å². The van der Waals surface area contributed by atoms with Gasteiger partial charge in [-0.2, -0.15) is 4.98 Å². The second-order valence-corrected chi connectivity index (χ2v) is 9.11. The first-order chi connectivity index (χ1) is 15.6. The highest BCUT2D eigenvalue weighted by atomic mass is 35.5. The monoisotopic (exact) mass is 465 g/mol. The number of nitrogens with zero attached hydrogens (tertiary/aromatic N) is 5. The Labute approximate surface area is 191 Å². The van der Waals surface area contributed by atoms with Gasteiger partial charge in [-0.05, 0) is 32.2 Å². The predicted molar refractivity (Wildman–Crippen MR) is 120 cm³/mol. The van der Waals surface area contributed by atoms with E-state index in [-0.39, 0.29) is 17.9 Å². The molecular weight excluding hydrogens is 437 g/mol. The molecule has 0 amide bonds. The van der Waals surface area contributed by atoms with Gasteiger partial charge in [0.05, 0.1) is 31.1 Å². The van der Waals surface area contributed by atoms with Crippen molar-refractivity contribution in [2.45, 2.75) is 32.0 Å². The minimum Gasteiger partial charge on any atom is -0.475 e. The maximum Gasteiger partial charge on any atom is 0.257 e. The second-order valence-electron chi connectivity index (χ2n) is 8.70. The molecule has 9 nitrogen and oxygen atoms in total. The molecular formula is C21H29ClFN7O2. The fourth-order valence-electron chi connectivity index (χ4n) is 5.05. The highest BCUT2D eigenvalue weighted by Crippen LogP contribution is 2.52. The van der Waals surface area contributed by atoms with Crippen molar-refractivity contribution < 1.29 is 13.9 Å². The fourth-order valence-corrected chi connectivity index (χ4v) is 5.21. The maximum absolute atomic E-state index is 15.4. The Morgan fingerprint density at radius 1 is 1.38 bits per heavy atom. The lowest BCUT2D eigenvalue weighted by Gasteiger charge is -2.53. The van der Waals surface area contributed by atoms with Gasteiger partial charge >= 0.3 is 0 Å². The van der Waals surface area contributed by atoms with Gasteiger partial charge in [-0.25, -0.2) is 9.37 Å². The van der Waals surface area contributed by atoms with Crippen LogP contribution in [0.4, 0.5) is 21.8 Å². The molecule has 32 heavy (non-hydrogen) atoms. The van der Waals surface area contributed by atoms with Gasteiger partial charge in [0, 0.05) is 32.7 Å². The van der Waals surface area contributed by atoms with Crippen LogP contribution in [0.25, 0.3) is 0 Å². The number of anilines is 3. The quantitative estimate of drug-likeness (QED) is 0.712. The summed E-state index contributed by atoms with van der Waals surface area (Å²) in [4.78, 5) is 11.0. The van der Waals surface area contributed by atoms with Crippen molar-refractivity contribution >= 4 is 29.1 Å². The van der Waals surface area contributed by atoms with Gasteiger partial charge in [0.25, 0.3) is 5.88 Å². The van der Waals surface area contributed by atoms with E-state index in [1.54, 1.807) is 13.3 Å². The van der Waals surface area contributed by atoms with Crippen molar-refractivity contribution in [3.05, 3.63) is 16.9 Å². The number of methoxy groups -OCH3 is 1. The number of piperidine rings is 1. The molecule has 2 fully saturated rings. The summed E-state index contributed by atoms with van der Waals surface area (Å²) in [7, 11) is 1.70. The maximum atomic E-state index is 15.4. The van der Waals surface area contributed by atoms with E-state index < -0.39 is 6.17 Å². The first-order valence-corrected chi connectivity index (χ1v) is 11.6. The SMILES string of the molecule is COCCN1CC[C@H]2C(C1)C(F)C2n1nc2c(c1C)Nc1ncc(Cl)c(n1)NCCCO2. The molecule has 2 N–H and O–H groups in total. The average Bonchev–Trinajstić information content (AvgIpc) is 3.07. The number of fused-ring (bicyclic) bond motifs is 4. The molecule has 2 bridgehead atoms. The fraction of sp³-hybridized carbons (Fsp3) is 0.667. The van der Waals surface area contributed by atoms with Crippen LogP contribution in [-0.2, 0) is 4.74 Å². The van der Waals surface area contributed by atoms with Crippen molar-refractivity contribution in [3.8, 4) is 5.88 Å². The van der Waals surface area contributed by atoms with Crippen molar-refractivity contribution in [2.24, 2.45) is 11.8 Å². The molecule has 0 radical (unpaired) electrons. The van der Waals surface area contributed by atoms with Crippen LogP contribution in [0.5, 0.6) is 5.88 Å². The van der Waals surface area contributed by atoms with Gasteiger partial charge in [0.2, 0.25) is 5.95 Å². The third-order valence-electron chi connectivity index (χ3n) is 6.82. The molecule has 174 valence electrons. The summed E-state index contributed by atoms with van der Waals surface area (Å²) in [5.74, 6) is 1.72. The van der Waals surface area contributed by atoms with Crippen LogP contribution in [0.3, 0.4) is 0 Å². The van der Waals surface area contributed by atoms with Crippen molar-refractivity contribution in [2.75, 3.05) is 57.1 Å². The third-order valence-corrected chi connectivity index (χ3v) is 7.09. The molecule has 1 aliphatic carbocycles. The van der Waals surface area contributed by atoms with Gasteiger partial charge in [-0.1, -0.05) is 11.6 Å². The summed E-state index contributed by atoms with van der Waals surface area (Å²) in [6.45, 7) is 6.32. The zero-order chi connectivity index (χ0) is 22.2. The number of halogens is 2. The van der Waals surface area contributed by atoms with E-state index in [9.17, 15) is 0 Å². The van der Waals surface area contributed by atoms with E-state index >= 15 is 4.39 Å². The van der Waals surface area contributed by atoms with Gasteiger partial charge in [0.1, 0.15) is 16.9 Å². The van der Waals surface area contributed by atoms with Crippen LogP contribution >= 0.6 is 11.6 Å². The molecule has 4 atom stereocenters. The molecule has 1 saturated carbocycles. The predicted octanol–water partition coefficient (Wildman–Crippen LogP) is 3.05. The zero-order valence-electron chi connectivity index (χ0n) is 18.4. The Balaban J connectivity index is 1.40. The van der Waals surface area contributed by atoms with Crippen LogP contribution in [0.15, 0.2) is 6.20 Å². The van der Waals surface area contributed by atoms with E-state index in [0.29, 0.717) is 48.1 Å². The Hall–Kier alpha value is -2.17. The smallest absolute Gasteiger partial charge is 0.257 e. The van der Waals surface area contributed by atoms with Crippen molar-refractivity contribution in [1.82, 2.24) is 24.6 Å². The molecule has 3 aliphatic rings. The first kappa shape index (κ1) is 21.7. The zero-order valence-corrected chi connectivity index (χ0v) is 19.1. The van der Waals surface area contributed by atoms with E-state index in [2.05, 4.69) is 25.5 Å². The van der Waals surface area contributed by atoms with Crippen LogP contribution in [0.2, 0.25) is 5.02 Å². The third kappa shape index (κ3) is 3.88. The van der Waals surface area contributed by atoms with Crippen LogP contribution < -0.4 is 15.4 Å². The number of alkyl halides is 1. The van der Waals surface area contributed by atoms with Gasteiger partial charge < -0.3 is 25.0 Å². The van der Waals surface area contributed by atoms with Crippen LogP contribution in [-0.4, -0.2) is 77.3 Å². The van der Waals surface area contributed by atoms with Gasteiger partial charge in [-0.15, -0.1) is 5.10 Å². The second kappa shape index (κ2) is 8.99. The molecule has 3 unspecified atom stereocenters. The summed E-state index contributed by atoms with van der Waals surface area (Å²) in [5, 5.41) is 11.6. The standard InChI is InChI=1S/C21H29ClFN7O2/c1-12-17-20(32-8-3-5-24-19-15(22)10-25-21(26-17)27-19)28-30(12)18-13-4-6-29(7-9-31-2)11-14(13)16(18)23/h10,13-14,16,18H,3-9,11H2,1-2H3,(H2,24,25,26,27)/t13-,14?,16?,18?/m0/s1. The first-order valence-electron chi connectivity index (χ1n) is 11.2.